The lowest BCUT2D eigenvalue weighted by Crippen LogP contribution is -2.73. The van der Waals surface area contributed by atoms with Gasteiger partial charge in [-0.25, -0.2) is 34.7 Å². The summed E-state index contributed by atoms with van der Waals surface area (Å²) < 4.78 is 327. The van der Waals surface area contributed by atoms with Crippen molar-refractivity contribution >= 4 is 74.3 Å². The molecule has 0 saturated carbocycles. The first kappa shape index (κ1) is 85.1. The first-order valence-electron chi connectivity index (χ1n) is 28.5. The van der Waals surface area contributed by atoms with Crippen molar-refractivity contribution < 1.29 is 204 Å². The summed E-state index contributed by atoms with van der Waals surface area (Å²) in [6, 6.07) is -1.49. The monoisotopic (exact) mass is 1550 g/mol. The molecule has 570 valence electrons. The number of carboxylic acid groups (broad SMARTS) is 2. The molecule has 24 atom stereocenters. The number of aliphatic hydroxyl groups excluding tert-OH is 1. The van der Waals surface area contributed by atoms with Crippen LogP contribution in [0, 0.1) is 0 Å². The molecule has 0 amide bonds. The van der Waals surface area contributed by atoms with Crippen LogP contribution in [0.2, 0.25) is 0 Å². The Kier molecular flexibility index (Phi) is 31.8. The molecule has 5 fully saturated rings. The van der Waals surface area contributed by atoms with E-state index in [1.807, 2.05) is 13.8 Å². The molecule has 0 spiro atoms. The lowest BCUT2D eigenvalue weighted by atomic mass is 9.83. The fourth-order valence-corrected chi connectivity index (χ4v) is 13.1. The zero-order chi connectivity index (χ0) is 73.0. The van der Waals surface area contributed by atoms with E-state index in [1.165, 1.54) is 6.92 Å². The lowest BCUT2D eigenvalue weighted by Gasteiger charge is -2.53. The van der Waals surface area contributed by atoms with Crippen molar-refractivity contribution in [3.8, 4) is 0 Å². The Morgan fingerprint density at radius 1 is 0.474 bits per heavy atom. The molecule has 46 nitrogen and oxygen atoms in total. The molecule has 5 saturated heterocycles. The number of methoxy groups -OCH3 is 4. The molecular weight excluding hydrogens is 1470 g/mol. The number of carboxylic acids is 2. The number of aliphatic hydroxyl groups is 1. The highest BCUT2D eigenvalue weighted by molar-refractivity contribution is 7.82. The van der Waals surface area contributed by atoms with E-state index in [4.69, 9.17) is 89.9 Å². The van der Waals surface area contributed by atoms with Gasteiger partial charge in [-0.05, 0) is 19.3 Å². The van der Waals surface area contributed by atoms with Crippen LogP contribution in [0.25, 0.3) is 0 Å². The van der Waals surface area contributed by atoms with E-state index in [0.717, 1.165) is 28.4 Å². The van der Waals surface area contributed by atoms with Crippen molar-refractivity contribution in [2.45, 2.75) is 200 Å². The molecule has 0 bridgehead atoms. The van der Waals surface area contributed by atoms with Crippen LogP contribution in [-0.4, -0.2) is 327 Å². The molecule has 97 heavy (non-hydrogen) atoms. The maximum absolute atomic E-state index is 13.9. The Morgan fingerprint density at radius 3 is 1.40 bits per heavy atom. The van der Waals surface area contributed by atoms with Gasteiger partial charge >= 0.3 is 74.3 Å². The van der Waals surface area contributed by atoms with Gasteiger partial charge in [-0.3, -0.25) is 27.3 Å². The molecular formula is C45H79NO45S6. The number of carbonyl (C=O) groups is 2. The van der Waals surface area contributed by atoms with Gasteiger partial charge in [0.15, 0.2) is 49.3 Å². The number of hydrogen-bond donors (Lipinski definition) is 10. The zero-order valence-corrected chi connectivity index (χ0v) is 56.9. The average molecular weight is 1550 g/mol. The maximum atomic E-state index is 13.9. The summed E-state index contributed by atoms with van der Waals surface area (Å²) in [5, 5.41) is 32.4. The molecule has 0 aromatic rings. The molecule has 5 aliphatic rings. The van der Waals surface area contributed by atoms with E-state index >= 15 is 0 Å². The van der Waals surface area contributed by atoms with E-state index in [2.05, 4.69) is 16.7 Å². The summed E-state index contributed by atoms with van der Waals surface area (Å²) in [5.74, 6) is -3.71. The number of rotatable bonds is 40. The van der Waals surface area contributed by atoms with Gasteiger partial charge in [0.1, 0.15) is 98.2 Å². The van der Waals surface area contributed by atoms with Gasteiger partial charge in [0.25, 0.3) is 0 Å². The van der Waals surface area contributed by atoms with Crippen molar-refractivity contribution in [2.24, 2.45) is 5.73 Å². The SMILES string of the molecule is CCCCOC1C(COS(=O)(=O)O)OC(OC2C(OC)C(OC)C(OC3C(COS(=O)(=O)O)OC(OC4COC(OC5C(COS(=O)(=O)O)OC(OC)C(OS(=O)(=O)O)C5O)[C@H](OCC(=O)O)C4OC)C(OS(=O)(=O)O)C3OS(=O)(=O)O)OC2(CC)C(=O)O)C(N)C1OCCCC. The van der Waals surface area contributed by atoms with Crippen LogP contribution >= 0.6 is 0 Å². The van der Waals surface area contributed by atoms with E-state index in [0.29, 0.717) is 25.7 Å². The molecule has 52 heteroatoms. The second kappa shape index (κ2) is 36.2. The maximum Gasteiger partial charge on any atom is 0.397 e. The number of ether oxygens (including phenoxy) is 16. The Hall–Kier alpha value is -2.56. The van der Waals surface area contributed by atoms with E-state index in [9.17, 15) is 103 Å². The predicted octanol–water partition coefficient (Wildman–Crippen LogP) is -5.11. The third-order valence-electron chi connectivity index (χ3n) is 14.9. The zero-order valence-electron chi connectivity index (χ0n) is 52.0. The number of unbranched alkanes of at least 4 members (excludes halogenated alkanes) is 2. The first-order valence-corrected chi connectivity index (χ1v) is 36.7. The Bertz CT molecular complexity index is 3220. The van der Waals surface area contributed by atoms with E-state index in [1.54, 1.807) is 0 Å². The highest BCUT2D eigenvalue weighted by atomic mass is 32.3. The van der Waals surface area contributed by atoms with Gasteiger partial charge in [0, 0.05) is 41.7 Å². The van der Waals surface area contributed by atoms with Gasteiger partial charge < -0.3 is 96.8 Å². The molecule has 11 N–H and O–H groups in total. The van der Waals surface area contributed by atoms with Crippen LogP contribution in [0.5, 0.6) is 0 Å². The van der Waals surface area contributed by atoms with Crippen molar-refractivity contribution in [2.75, 3.05) is 74.7 Å². The number of hydrogen-bond acceptors (Lipinski definition) is 38. The second-order valence-corrected chi connectivity index (χ2v) is 27.8. The smallest absolute Gasteiger partial charge is 0.397 e. The van der Waals surface area contributed by atoms with Crippen LogP contribution in [-0.2, 0) is 173 Å². The third kappa shape index (κ3) is 24.5. The van der Waals surface area contributed by atoms with Gasteiger partial charge in [-0.15, -0.1) is 0 Å². The molecule has 0 aromatic heterocycles. The summed E-state index contributed by atoms with van der Waals surface area (Å²) in [6.45, 7) is -1.53. The summed E-state index contributed by atoms with van der Waals surface area (Å²) in [5.41, 5.74) is 3.88. The fraction of sp³-hybridized carbons (Fsp3) is 0.956. The molecule has 23 unspecified atom stereocenters. The lowest BCUT2D eigenvalue weighted by molar-refractivity contribution is -0.394. The first-order chi connectivity index (χ1) is 45.0. The van der Waals surface area contributed by atoms with Crippen molar-refractivity contribution in [1.29, 1.82) is 0 Å². The van der Waals surface area contributed by atoms with Crippen LogP contribution in [0.15, 0.2) is 0 Å². The van der Waals surface area contributed by atoms with Gasteiger partial charge in [0.2, 0.25) is 0 Å². The van der Waals surface area contributed by atoms with Gasteiger partial charge in [-0.2, -0.15) is 50.5 Å². The predicted molar refractivity (Wildman–Crippen MR) is 303 cm³/mol. The van der Waals surface area contributed by atoms with Gasteiger partial charge in [0.05, 0.1) is 32.5 Å². The highest BCUT2D eigenvalue weighted by Gasteiger charge is 2.65. The van der Waals surface area contributed by atoms with E-state index < -0.39 is 261 Å². The fourth-order valence-electron chi connectivity index (χ4n) is 10.8. The summed E-state index contributed by atoms with van der Waals surface area (Å²) in [7, 11) is -30.4. The average Bonchev–Trinajstić information content (AvgIpc) is 0.742. The van der Waals surface area contributed by atoms with Crippen molar-refractivity contribution in [1.82, 2.24) is 0 Å². The third-order valence-corrected chi connectivity index (χ3v) is 17.6. The van der Waals surface area contributed by atoms with E-state index in [-0.39, 0.29) is 13.2 Å². The Labute approximate surface area is 555 Å². The van der Waals surface area contributed by atoms with Gasteiger partial charge in [-0.1, -0.05) is 33.6 Å². The summed E-state index contributed by atoms with van der Waals surface area (Å²) in [4.78, 5) is 25.9. The quantitative estimate of drug-likeness (QED) is 0.0203. The van der Waals surface area contributed by atoms with Crippen LogP contribution in [0.4, 0.5) is 0 Å². The van der Waals surface area contributed by atoms with Crippen LogP contribution in [0.3, 0.4) is 0 Å². The summed E-state index contributed by atoms with van der Waals surface area (Å²) in [6.07, 6.45) is -46.6. The van der Waals surface area contributed by atoms with Crippen molar-refractivity contribution in [3.63, 3.8) is 0 Å². The molecule has 0 aliphatic carbocycles. The molecule has 0 radical (unpaired) electrons. The highest BCUT2D eigenvalue weighted by Crippen LogP contribution is 2.43. The minimum atomic E-state index is -6.12. The molecule has 5 rings (SSSR count). The molecule has 5 aliphatic heterocycles. The Balaban J connectivity index is 1.61. The summed E-state index contributed by atoms with van der Waals surface area (Å²) >= 11 is 0. The topological polar surface area (TPSA) is 650 Å². The Morgan fingerprint density at radius 2 is 0.938 bits per heavy atom. The number of nitrogens with two attached hydrogens (primary N) is 1. The normalized spacial score (nSPS) is 36.7. The minimum absolute atomic E-state index is 0.0109. The molecule has 0 aromatic carbocycles. The number of aliphatic carboxylic acids is 2. The van der Waals surface area contributed by atoms with Crippen LogP contribution in [0.1, 0.15) is 52.9 Å². The molecule has 5 heterocycles. The van der Waals surface area contributed by atoms with Crippen LogP contribution < -0.4 is 5.73 Å². The standard InChI is InChI=1S/C45H79NO45S6/c1-8-11-13-74-29-22(17-79-93(55,56)57)81-39(25(46)31(29)75-14-12-9-2)87-38-34(71-5)35(72-6)43(88-45(38,10-3)44(50)51)86-30-23(18-80-94(58,59)60)84-42(37(91-97(67,68)69)33(30)90-96(64,65)66)83-20-15-77-41(36(28(20)70-4)76-19-24(47)48)85-27-21(16-78-92(52,53)54)82-40(73-7)32(26(27)49)89-95(61,62)63/h20-23,25-43,49H,8-19,46H2,1-7H3,(H,47,48)(H,50,51)(H,52,53,54)(H,55,56,57)(H,58,59,60)(H,61,62,63)(H,64,65,66)(H,67,68,69)/t20?,21?,22?,23?,25?,26?,27?,28?,29?,30?,31?,32?,33?,34?,35?,36-,37?,38?,39?,40?,41?,42?,43?,45?/m1/s1. The second-order valence-electron chi connectivity index (χ2n) is 21.4. The minimum Gasteiger partial charge on any atom is -0.480 e. The largest absolute Gasteiger partial charge is 0.480 e. The van der Waals surface area contributed by atoms with Crippen molar-refractivity contribution in [3.05, 3.63) is 0 Å².